The fourth-order valence-corrected chi connectivity index (χ4v) is 2.38. The zero-order valence-corrected chi connectivity index (χ0v) is 10.0. The van der Waals surface area contributed by atoms with Crippen molar-refractivity contribution >= 4 is 22.3 Å². The summed E-state index contributed by atoms with van der Waals surface area (Å²) in [5, 5.41) is 10.9. The Bertz CT molecular complexity index is 426. The van der Waals surface area contributed by atoms with Crippen molar-refractivity contribution in [2.75, 3.05) is 18.4 Å². The first-order valence-corrected chi connectivity index (χ1v) is 6.72. The summed E-state index contributed by atoms with van der Waals surface area (Å²) < 4.78 is 36.1. The predicted octanol–water partition coefficient (Wildman–Crippen LogP) is -4.91. The molecule has 0 aliphatic carbocycles. The molecular formula is C7H9ClN4O4S. The van der Waals surface area contributed by atoms with Crippen molar-refractivity contribution in [3.8, 4) is 0 Å². The molecule has 1 atom stereocenters. The van der Waals surface area contributed by atoms with Crippen LogP contribution in [0.3, 0.4) is 0 Å². The minimum Gasteiger partial charge on any atom is -0.295 e. The number of rotatable bonds is 0. The van der Waals surface area contributed by atoms with E-state index in [1.165, 1.54) is 5.13 Å². The molecule has 3 heterocycles. The van der Waals surface area contributed by atoms with Crippen molar-refractivity contribution in [2.24, 2.45) is 11.0 Å². The van der Waals surface area contributed by atoms with Gasteiger partial charge in [-0.25, -0.2) is 24.1 Å². The third kappa shape index (κ3) is 3.25. The topological polar surface area (TPSA) is 133 Å². The van der Waals surface area contributed by atoms with Gasteiger partial charge in [-0.3, -0.25) is 5.32 Å². The first-order valence-electron chi connectivity index (χ1n) is 4.61. The molecule has 17 heavy (non-hydrogen) atoms. The van der Waals surface area contributed by atoms with Gasteiger partial charge in [0, 0.05) is 5.38 Å². The van der Waals surface area contributed by atoms with Gasteiger partial charge in [-0.2, -0.15) is 4.57 Å². The molecule has 0 radical (unpaired) electrons. The Balaban J connectivity index is 0.000000188. The van der Waals surface area contributed by atoms with Crippen LogP contribution >= 0.6 is 11.3 Å². The van der Waals surface area contributed by atoms with Crippen LogP contribution in [0.5, 0.6) is 0 Å². The summed E-state index contributed by atoms with van der Waals surface area (Å²) in [5.41, 5.74) is 3.03. The smallest absolute Gasteiger partial charge is 0.284 e. The van der Waals surface area contributed by atoms with Gasteiger partial charge in [0.15, 0.2) is 0 Å². The molecule has 0 saturated carbocycles. The molecule has 3 rings (SSSR count). The number of fused-ring (bicyclic) bond motifs is 3. The molecule has 0 spiro atoms. The largest absolute Gasteiger partial charge is 0.295 e. The molecule has 1 unspecified atom stereocenters. The highest BCUT2D eigenvalue weighted by molar-refractivity contribution is 7.13. The number of anilines is 1. The number of halogens is 1. The minimum atomic E-state index is -4.94. The Hall–Kier alpha value is -0.970. The lowest BCUT2D eigenvalue weighted by atomic mass is 10.1. The van der Waals surface area contributed by atoms with Crippen LogP contribution in [0.1, 0.15) is 0 Å². The lowest BCUT2D eigenvalue weighted by Gasteiger charge is -2.17. The van der Waals surface area contributed by atoms with E-state index < -0.39 is 10.2 Å². The van der Waals surface area contributed by atoms with Crippen molar-refractivity contribution in [1.29, 1.82) is 0 Å². The highest BCUT2D eigenvalue weighted by atomic mass is 35.7. The molecule has 2 aliphatic heterocycles. The second kappa shape index (κ2) is 4.72. The molecule has 2 N–H and O–H groups in total. The lowest BCUT2D eigenvalue weighted by Crippen LogP contribution is -2.68. The summed E-state index contributed by atoms with van der Waals surface area (Å²) in [7, 11) is -4.94. The summed E-state index contributed by atoms with van der Waals surface area (Å²) in [6, 6.07) is 0. The van der Waals surface area contributed by atoms with Gasteiger partial charge >= 0.3 is 0 Å². The van der Waals surface area contributed by atoms with Crippen LogP contribution in [0.2, 0.25) is 0 Å². The zero-order chi connectivity index (χ0) is 12.5. The molecule has 1 aromatic heterocycles. The highest BCUT2D eigenvalue weighted by Gasteiger charge is 2.35. The average Bonchev–Trinajstić information content (AvgIpc) is 2.82. The molecule has 10 heteroatoms. The van der Waals surface area contributed by atoms with Crippen molar-refractivity contribution in [3.05, 3.63) is 11.6 Å². The first kappa shape index (κ1) is 12.5. The van der Waals surface area contributed by atoms with Gasteiger partial charge in [0.05, 0.1) is 19.3 Å². The second-order valence-corrected chi connectivity index (χ2v) is 5.02. The second-order valence-electron chi connectivity index (χ2n) is 3.37. The van der Waals surface area contributed by atoms with E-state index in [1.807, 2.05) is 0 Å². The van der Waals surface area contributed by atoms with Crippen LogP contribution < -0.4 is 33.9 Å². The lowest BCUT2D eigenvalue weighted by molar-refractivity contribution is -2.00. The quantitative estimate of drug-likeness (QED) is 0.458. The Morgan fingerprint density at radius 3 is 2.76 bits per heavy atom. The van der Waals surface area contributed by atoms with Crippen LogP contribution in [0, 0.1) is 16.2 Å². The van der Waals surface area contributed by atoms with Gasteiger partial charge in [0.2, 0.25) is 0 Å². The van der Waals surface area contributed by atoms with E-state index in [2.05, 4.69) is 32.0 Å². The Morgan fingerprint density at radius 1 is 1.35 bits per heavy atom. The predicted molar refractivity (Wildman–Crippen MR) is 47.3 cm³/mol. The SMILES string of the molecule is [O-][Cl+3]([O-])([O-])[O-].c1c[n+]2c(s1)NCC1CNN=C12. The van der Waals surface area contributed by atoms with Crippen LogP contribution in [-0.4, -0.2) is 18.9 Å². The number of aromatic nitrogens is 1. The minimum absolute atomic E-state index is 0.539. The van der Waals surface area contributed by atoms with Gasteiger partial charge in [0.1, 0.15) is 5.92 Å². The number of nitrogens with zero attached hydrogens (tertiary/aromatic N) is 2. The van der Waals surface area contributed by atoms with E-state index in [9.17, 15) is 0 Å². The average molecular weight is 281 g/mol. The van der Waals surface area contributed by atoms with Gasteiger partial charge in [0.25, 0.3) is 11.0 Å². The van der Waals surface area contributed by atoms with E-state index in [4.69, 9.17) is 18.6 Å². The Labute approximate surface area is 103 Å². The van der Waals surface area contributed by atoms with E-state index in [1.54, 1.807) is 11.3 Å². The van der Waals surface area contributed by atoms with Crippen LogP contribution in [0.4, 0.5) is 5.13 Å². The van der Waals surface area contributed by atoms with Crippen molar-refractivity contribution in [1.82, 2.24) is 5.43 Å². The molecule has 0 fully saturated rings. The molecule has 8 nitrogen and oxygen atoms in total. The molecule has 0 saturated heterocycles. The number of thiazole rings is 1. The fourth-order valence-electron chi connectivity index (χ4n) is 1.63. The standard InChI is InChI=1S/C7H8N4S.ClHO4/c1-2-12-7-8-3-5-4-9-10-6(5)11(1)7;2-1(3,4)5/h1-2,5,9H,3-4H2;(H,2,3,4,5). The maximum Gasteiger partial charge on any atom is 0.284 e. The summed E-state index contributed by atoms with van der Waals surface area (Å²) in [4.78, 5) is 0. The normalized spacial score (nSPS) is 21.2. The third-order valence-corrected chi connectivity index (χ3v) is 3.07. The maximum absolute atomic E-state index is 8.49. The Morgan fingerprint density at radius 2 is 2.06 bits per heavy atom. The van der Waals surface area contributed by atoms with E-state index in [-0.39, 0.29) is 0 Å². The summed E-state index contributed by atoms with van der Waals surface area (Å²) >= 11 is 1.72. The summed E-state index contributed by atoms with van der Waals surface area (Å²) in [6.07, 6.45) is 2.06. The van der Waals surface area contributed by atoms with Crippen molar-refractivity contribution < 1.29 is 33.4 Å². The fraction of sp³-hybridized carbons (Fsp3) is 0.429. The zero-order valence-electron chi connectivity index (χ0n) is 8.46. The van der Waals surface area contributed by atoms with Crippen molar-refractivity contribution in [2.45, 2.75) is 0 Å². The highest BCUT2D eigenvalue weighted by Crippen LogP contribution is 2.17. The van der Waals surface area contributed by atoms with Gasteiger partial charge in [-0.05, 0) is 5.10 Å². The molecule has 94 valence electrons. The van der Waals surface area contributed by atoms with Crippen molar-refractivity contribution in [3.63, 3.8) is 0 Å². The first-order chi connectivity index (χ1) is 7.95. The van der Waals surface area contributed by atoms with Crippen LogP contribution in [-0.2, 0) is 0 Å². The number of nitrogens with one attached hydrogen (secondary N) is 2. The van der Waals surface area contributed by atoms with Gasteiger partial charge < -0.3 is 0 Å². The molecule has 2 aliphatic rings. The monoisotopic (exact) mass is 280 g/mol. The van der Waals surface area contributed by atoms with Crippen LogP contribution in [0.25, 0.3) is 0 Å². The number of hydrogen-bond acceptors (Lipinski definition) is 8. The number of hydrazone groups is 1. The summed E-state index contributed by atoms with van der Waals surface area (Å²) in [6.45, 7) is 1.97. The van der Waals surface area contributed by atoms with E-state index >= 15 is 0 Å². The van der Waals surface area contributed by atoms with E-state index in [0.29, 0.717) is 5.92 Å². The molecule has 1 aromatic rings. The molecule has 0 aromatic carbocycles. The Kier molecular flexibility index (Phi) is 3.47. The maximum atomic E-state index is 8.49. The molecule has 0 amide bonds. The van der Waals surface area contributed by atoms with E-state index in [0.717, 1.165) is 18.9 Å². The summed E-state index contributed by atoms with van der Waals surface area (Å²) in [5.74, 6) is 1.70. The molecule has 0 bridgehead atoms. The number of hydrogen-bond donors (Lipinski definition) is 2. The van der Waals surface area contributed by atoms with Gasteiger partial charge in [-0.15, -0.1) is 10.2 Å². The van der Waals surface area contributed by atoms with Gasteiger partial charge in [-0.1, -0.05) is 11.3 Å². The third-order valence-electron chi connectivity index (χ3n) is 2.25. The molecular weight excluding hydrogens is 272 g/mol. The van der Waals surface area contributed by atoms with Crippen LogP contribution in [0.15, 0.2) is 16.7 Å².